The Labute approximate surface area is 146 Å². The van der Waals surface area contributed by atoms with E-state index in [1.807, 2.05) is 19.3 Å². The molecule has 1 N–H and O–H groups in total. The fourth-order valence-electron chi connectivity index (χ4n) is 3.42. The third-order valence-corrected chi connectivity index (χ3v) is 4.54. The standard InChI is InChI=1S/C18H21N7/c1-13-23-15(10-16(24-13)18-21-7-8-22-18)17-4-2-3-9-25(17)12-14-11-19-5-6-20-14/h5-8,10-11,17H,2-4,9,12H2,1H3,(H,21,22)/t17-/m0/s1. The number of hydrogen-bond acceptors (Lipinski definition) is 6. The number of aromatic nitrogens is 6. The lowest BCUT2D eigenvalue weighted by atomic mass is 9.98. The van der Waals surface area contributed by atoms with E-state index in [1.165, 1.54) is 12.8 Å². The Morgan fingerprint density at radius 2 is 2.12 bits per heavy atom. The van der Waals surface area contributed by atoms with Crippen LogP contribution in [-0.2, 0) is 6.54 Å². The van der Waals surface area contributed by atoms with E-state index < -0.39 is 0 Å². The van der Waals surface area contributed by atoms with Crippen molar-refractivity contribution in [1.29, 1.82) is 0 Å². The Balaban J connectivity index is 1.64. The van der Waals surface area contributed by atoms with E-state index in [0.717, 1.165) is 48.2 Å². The maximum atomic E-state index is 4.73. The highest BCUT2D eigenvalue weighted by atomic mass is 15.2. The molecule has 0 saturated carbocycles. The molecule has 1 saturated heterocycles. The predicted octanol–water partition coefficient (Wildman–Crippen LogP) is 2.69. The molecule has 3 aromatic rings. The highest BCUT2D eigenvalue weighted by Gasteiger charge is 2.26. The molecule has 0 spiro atoms. The van der Waals surface area contributed by atoms with E-state index in [1.54, 1.807) is 18.6 Å². The number of nitrogens with one attached hydrogen (secondary N) is 1. The number of aromatic amines is 1. The predicted molar refractivity (Wildman–Crippen MR) is 93.4 cm³/mol. The van der Waals surface area contributed by atoms with Crippen LogP contribution in [0.4, 0.5) is 0 Å². The molecule has 0 aromatic carbocycles. The highest BCUT2D eigenvalue weighted by Crippen LogP contribution is 2.32. The largest absolute Gasteiger partial charge is 0.343 e. The van der Waals surface area contributed by atoms with Crippen molar-refractivity contribution in [2.24, 2.45) is 0 Å². The van der Waals surface area contributed by atoms with Crippen molar-refractivity contribution in [3.05, 3.63) is 54.3 Å². The number of H-pyrrole nitrogens is 1. The summed E-state index contributed by atoms with van der Waals surface area (Å²) in [6, 6.07) is 2.33. The molecule has 25 heavy (non-hydrogen) atoms. The SMILES string of the molecule is Cc1nc(-c2ncc[nH]2)cc([C@@H]2CCCCN2Cc2cnccn2)n1. The van der Waals surface area contributed by atoms with Gasteiger partial charge in [0.2, 0.25) is 0 Å². The summed E-state index contributed by atoms with van der Waals surface area (Å²) in [6.45, 7) is 3.77. The van der Waals surface area contributed by atoms with Gasteiger partial charge in [-0.15, -0.1) is 0 Å². The number of aryl methyl sites for hydroxylation is 1. The Hall–Kier alpha value is -2.67. The molecule has 0 radical (unpaired) electrons. The molecule has 0 bridgehead atoms. The van der Waals surface area contributed by atoms with Gasteiger partial charge in [-0.1, -0.05) is 6.42 Å². The van der Waals surface area contributed by atoms with Crippen molar-refractivity contribution in [3.63, 3.8) is 0 Å². The van der Waals surface area contributed by atoms with E-state index in [4.69, 9.17) is 4.98 Å². The van der Waals surface area contributed by atoms with Crippen LogP contribution in [0.3, 0.4) is 0 Å². The first-order valence-corrected chi connectivity index (χ1v) is 8.64. The Kier molecular flexibility index (Phi) is 4.47. The number of nitrogens with zero attached hydrogens (tertiary/aromatic N) is 6. The zero-order valence-corrected chi connectivity index (χ0v) is 14.3. The van der Waals surface area contributed by atoms with Crippen molar-refractivity contribution in [2.45, 2.75) is 38.8 Å². The van der Waals surface area contributed by atoms with Crippen molar-refractivity contribution in [1.82, 2.24) is 34.8 Å². The van der Waals surface area contributed by atoms with Gasteiger partial charge in [-0.2, -0.15) is 0 Å². The van der Waals surface area contributed by atoms with Gasteiger partial charge >= 0.3 is 0 Å². The Morgan fingerprint density at radius 3 is 2.92 bits per heavy atom. The molecule has 1 aliphatic heterocycles. The summed E-state index contributed by atoms with van der Waals surface area (Å²) in [4.78, 5) is 27.8. The second-order valence-corrected chi connectivity index (χ2v) is 6.34. The molecule has 1 atom stereocenters. The molecule has 7 heteroatoms. The second kappa shape index (κ2) is 7.06. The molecule has 4 heterocycles. The van der Waals surface area contributed by atoms with Crippen LogP contribution in [0.1, 0.15) is 42.5 Å². The fraction of sp³-hybridized carbons (Fsp3) is 0.389. The maximum absolute atomic E-state index is 4.73. The van der Waals surface area contributed by atoms with Crippen molar-refractivity contribution >= 4 is 0 Å². The Morgan fingerprint density at radius 1 is 1.16 bits per heavy atom. The first-order valence-electron chi connectivity index (χ1n) is 8.64. The van der Waals surface area contributed by atoms with E-state index >= 15 is 0 Å². The lowest BCUT2D eigenvalue weighted by Gasteiger charge is -2.35. The minimum Gasteiger partial charge on any atom is -0.343 e. The smallest absolute Gasteiger partial charge is 0.156 e. The summed E-state index contributed by atoms with van der Waals surface area (Å²) in [6.07, 6.45) is 12.4. The topological polar surface area (TPSA) is 83.5 Å². The van der Waals surface area contributed by atoms with Gasteiger partial charge in [-0.05, 0) is 32.4 Å². The number of rotatable bonds is 4. The lowest BCUT2D eigenvalue weighted by molar-refractivity contribution is 0.135. The molecule has 128 valence electrons. The molecule has 0 unspecified atom stereocenters. The molecule has 7 nitrogen and oxygen atoms in total. The van der Waals surface area contributed by atoms with Gasteiger partial charge in [0.15, 0.2) is 5.82 Å². The van der Waals surface area contributed by atoms with Crippen LogP contribution < -0.4 is 0 Å². The van der Waals surface area contributed by atoms with Crippen LogP contribution in [-0.4, -0.2) is 41.3 Å². The zero-order chi connectivity index (χ0) is 17.1. The molecule has 1 fully saturated rings. The van der Waals surface area contributed by atoms with Crippen LogP contribution >= 0.6 is 0 Å². The van der Waals surface area contributed by atoms with Gasteiger partial charge in [-0.25, -0.2) is 15.0 Å². The summed E-state index contributed by atoms with van der Waals surface area (Å²) in [5, 5.41) is 0. The van der Waals surface area contributed by atoms with Gasteiger partial charge in [0.1, 0.15) is 11.5 Å². The monoisotopic (exact) mass is 335 g/mol. The van der Waals surface area contributed by atoms with E-state index in [2.05, 4.69) is 35.9 Å². The van der Waals surface area contributed by atoms with Gasteiger partial charge in [-0.3, -0.25) is 14.9 Å². The number of likely N-dealkylation sites (tertiary alicyclic amines) is 1. The van der Waals surface area contributed by atoms with Gasteiger partial charge < -0.3 is 4.98 Å². The molecule has 4 rings (SSSR count). The van der Waals surface area contributed by atoms with Gasteiger partial charge in [0.25, 0.3) is 0 Å². The Bertz CT molecular complexity index is 817. The normalized spacial score (nSPS) is 18.4. The third kappa shape index (κ3) is 3.56. The molecule has 3 aromatic heterocycles. The maximum Gasteiger partial charge on any atom is 0.156 e. The molecular formula is C18H21N7. The molecular weight excluding hydrogens is 314 g/mol. The summed E-state index contributed by atoms with van der Waals surface area (Å²) < 4.78 is 0. The third-order valence-electron chi connectivity index (χ3n) is 4.54. The van der Waals surface area contributed by atoms with E-state index in [-0.39, 0.29) is 6.04 Å². The van der Waals surface area contributed by atoms with Crippen LogP contribution in [0.5, 0.6) is 0 Å². The first kappa shape index (κ1) is 15.8. The summed E-state index contributed by atoms with van der Waals surface area (Å²) in [5.74, 6) is 1.55. The van der Waals surface area contributed by atoms with Gasteiger partial charge in [0, 0.05) is 37.5 Å². The van der Waals surface area contributed by atoms with Crippen LogP contribution in [0, 0.1) is 6.92 Å². The summed E-state index contributed by atoms with van der Waals surface area (Å²) >= 11 is 0. The number of piperidine rings is 1. The van der Waals surface area contributed by atoms with Crippen LogP contribution in [0.15, 0.2) is 37.1 Å². The van der Waals surface area contributed by atoms with E-state index in [9.17, 15) is 0 Å². The number of hydrogen-bond donors (Lipinski definition) is 1. The number of imidazole rings is 1. The molecule has 0 amide bonds. The first-order chi connectivity index (χ1) is 12.3. The fourth-order valence-corrected chi connectivity index (χ4v) is 3.42. The van der Waals surface area contributed by atoms with Gasteiger partial charge in [0.05, 0.1) is 17.4 Å². The minimum atomic E-state index is 0.270. The average molecular weight is 335 g/mol. The molecule has 0 aliphatic carbocycles. The van der Waals surface area contributed by atoms with Crippen molar-refractivity contribution in [3.8, 4) is 11.5 Å². The lowest BCUT2D eigenvalue weighted by Crippen LogP contribution is -2.34. The summed E-state index contributed by atoms with van der Waals surface area (Å²) in [5.41, 5.74) is 2.89. The van der Waals surface area contributed by atoms with E-state index in [0.29, 0.717) is 0 Å². The zero-order valence-electron chi connectivity index (χ0n) is 14.3. The average Bonchev–Trinajstić information content (AvgIpc) is 3.17. The quantitative estimate of drug-likeness (QED) is 0.789. The van der Waals surface area contributed by atoms with Crippen molar-refractivity contribution in [2.75, 3.05) is 6.54 Å². The molecule has 1 aliphatic rings. The van der Waals surface area contributed by atoms with Crippen molar-refractivity contribution < 1.29 is 0 Å². The second-order valence-electron chi connectivity index (χ2n) is 6.34. The highest BCUT2D eigenvalue weighted by molar-refractivity contribution is 5.49. The minimum absolute atomic E-state index is 0.270. The van der Waals surface area contributed by atoms with Crippen LogP contribution in [0.2, 0.25) is 0 Å². The van der Waals surface area contributed by atoms with Crippen LogP contribution in [0.25, 0.3) is 11.5 Å². The summed E-state index contributed by atoms with van der Waals surface area (Å²) in [7, 11) is 0.